The molecule has 1 heterocycles. The van der Waals surface area contributed by atoms with E-state index in [1.807, 2.05) is 24.2 Å². The van der Waals surface area contributed by atoms with Crippen LogP contribution in [0.25, 0.3) is 0 Å². The van der Waals surface area contributed by atoms with Gasteiger partial charge >= 0.3 is 0 Å². The van der Waals surface area contributed by atoms with Crippen LogP contribution < -0.4 is 5.32 Å². The zero-order valence-corrected chi connectivity index (χ0v) is 12.3. The zero-order valence-electron chi connectivity index (χ0n) is 11.5. The molecule has 4 heteroatoms. The Kier molecular flexibility index (Phi) is 4.53. The Morgan fingerprint density at radius 3 is 2.45 bits per heavy atom. The molecule has 0 spiro atoms. The number of benzene rings is 1. The minimum Gasteiger partial charge on any atom is -0.381 e. The molecule has 0 amide bonds. The number of hydrogen-bond acceptors (Lipinski definition) is 4. The van der Waals surface area contributed by atoms with E-state index in [2.05, 4.69) is 39.6 Å². The Balaban J connectivity index is 1.53. The molecule has 104 valence electrons. The fourth-order valence-corrected chi connectivity index (χ4v) is 3.72. The van der Waals surface area contributed by atoms with E-state index in [0.29, 0.717) is 0 Å². The Bertz CT molecular complexity index is 521. The maximum absolute atomic E-state index is 4.01. The molecular formula is C16H19N3S. The van der Waals surface area contributed by atoms with E-state index >= 15 is 0 Å². The fraction of sp³-hybridized carbons (Fsp3) is 0.375. The molecule has 20 heavy (non-hydrogen) atoms. The lowest BCUT2D eigenvalue weighted by Gasteiger charge is -2.10. The molecule has 0 unspecified atom stereocenters. The van der Waals surface area contributed by atoms with Gasteiger partial charge in [-0.1, -0.05) is 12.8 Å². The Labute approximate surface area is 124 Å². The Morgan fingerprint density at radius 1 is 1.05 bits per heavy atom. The number of nitrogens with one attached hydrogen (secondary N) is 1. The molecule has 0 saturated heterocycles. The van der Waals surface area contributed by atoms with Gasteiger partial charge in [0.1, 0.15) is 6.33 Å². The summed E-state index contributed by atoms with van der Waals surface area (Å²) in [6.45, 7) is 0.760. The van der Waals surface area contributed by atoms with Crippen LogP contribution in [-0.4, -0.2) is 15.2 Å². The van der Waals surface area contributed by atoms with Crippen LogP contribution in [0.4, 0.5) is 5.69 Å². The van der Waals surface area contributed by atoms with Crippen molar-refractivity contribution in [3.63, 3.8) is 0 Å². The third-order valence-corrected chi connectivity index (χ3v) is 4.92. The SMILES string of the molecule is c1ncc(CNc2ccc(SC3CCCC3)cc2)cn1. The highest BCUT2D eigenvalue weighted by atomic mass is 32.2. The quantitative estimate of drug-likeness (QED) is 0.896. The summed E-state index contributed by atoms with van der Waals surface area (Å²) in [5.74, 6) is 0. The number of rotatable bonds is 5. The van der Waals surface area contributed by atoms with Crippen LogP contribution in [0.5, 0.6) is 0 Å². The molecule has 3 nitrogen and oxygen atoms in total. The molecule has 1 saturated carbocycles. The number of hydrogen-bond donors (Lipinski definition) is 1. The first-order valence-corrected chi connectivity index (χ1v) is 8.02. The van der Waals surface area contributed by atoms with Crippen molar-refractivity contribution in [3.05, 3.63) is 48.5 Å². The second kappa shape index (κ2) is 6.75. The summed E-state index contributed by atoms with van der Waals surface area (Å²) in [4.78, 5) is 9.41. The monoisotopic (exact) mass is 285 g/mol. The summed E-state index contributed by atoms with van der Waals surface area (Å²) < 4.78 is 0. The topological polar surface area (TPSA) is 37.8 Å². The summed E-state index contributed by atoms with van der Waals surface area (Å²) in [5.41, 5.74) is 2.24. The number of thioether (sulfide) groups is 1. The fourth-order valence-electron chi connectivity index (χ4n) is 2.48. The largest absolute Gasteiger partial charge is 0.381 e. The highest BCUT2D eigenvalue weighted by molar-refractivity contribution is 8.00. The molecule has 1 N–H and O–H groups in total. The maximum atomic E-state index is 4.01. The van der Waals surface area contributed by atoms with E-state index in [4.69, 9.17) is 0 Å². The second-order valence-corrected chi connectivity index (χ2v) is 6.52. The van der Waals surface area contributed by atoms with Gasteiger partial charge in [-0.3, -0.25) is 0 Å². The molecule has 3 rings (SSSR count). The van der Waals surface area contributed by atoms with Gasteiger partial charge in [-0.2, -0.15) is 0 Å². The van der Waals surface area contributed by atoms with Gasteiger partial charge in [-0.15, -0.1) is 11.8 Å². The Morgan fingerprint density at radius 2 is 1.75 bits per heavy atom. The van der Waals surface area contributed by atoms with E-state index < -0.39 is 0 Å². The third kappa shape index (κ3) is 3.73. The molecule has 0 atom stereocenters. The molecule has 1 aromatic carbocycles. The molecular weight excluding hydrogens is 266 g/mol. The van der Waals surface area contributed by atoms with Crippen molar-refractivity contribution in [2.24, 2.45) is 0 Å². The van der Waals surface area contributed by atoms with Crippen LogP contribution in [0.3, 0.4) is 0 Å². The number of aromatic nitrogens is 2. The van der Waals surface area contributed by atoms with Crippen LogP contribution in [0.2, 0.25) is 0 Å². The van der Waals surface area contributed by atoms with Crippen molar-refractivity contribution in [1.82, 2.24) is 9.97 Å². The maximum Gasteiger partial charge on any atom is 0.115 e. The van der Waals surface area contributed by atoms with Gasteiger partial charge in [0.05, 0.1) is 0 Å². The van der Waals surface area contributed by atoms with Crippen LogP contribution in [0.1, 0.15) is 31.2 Å². The predicted molar refractivity (Wildman–Crippen MR) is 83.9 cm³/mol. The lowest BCUT2D eigenvalue weighted by Crippen LogP contribution is -2.00. The van der Waals surface area contributed by atoms with E-state index in [-0.39, 0.29) is 0 Å². The lowest BCUT2D eigenvalue weighted by molar-refractivity contribution is 0.886. The van der Waals surface area contributed by atoms with Crippen LogP contribution in [0.15, 0.2) is 47.9 Å². The molecule has 0 aliphatic heterocycles. The number of anilines is 1. The molecule has 0 radical (unpaired) electrons. The van der Waals surface area contributed by atoms with Gasteiger partial charge in [0, 0.05) is 40.3 Å². The van der Waals surface area contributed by atoms with E-state index in [0.717, 1.165) is 23.0 Å². The van der Waals surface area contributed by atoms with Crippen molar-refractivity contribution in [1.29, 1.82) is 0 Å². The minimum absolute atomic E-state index is 0.760. The summed E-state index contributed by atoms with van der Waals surface area (Å²) in [7, 11) is 0. The standard InChI is InChI=1S/C16H19N3S/c1-2-4-15(3-1)20-16-7-5-14(6-8-16)19-11-13-9-17-12-18-10-13/h5-10,12,15,19H,1-4,11H2. The van der Waals surface area contributed by atoms with Crippen molar-refractivity contribution in [2.75, 3.05) is 5.32 Å². The van der Waals surface area contributed by atoms with Gasteiger partial charge in [0.15, 0.2) is 0 Å². The predicted octanol–water partition coefficient (Wildman–Crippen LogP) is 4.12. The van der Waals surface area contributed by atoms with E-state index in [9.17, 15) is 0 Å². The molecule has 0 bridgehead atoms. The van der Waals surface area contributed by atoms with Crippen molar-refractivity contribution in [3.8, 4) is 0 Å². The van der Waals surface area contributed by atoms with Gasteiger partial charge in [-0.25, -0.2) is 9.97 Å². The number of nitrogens with zero attached hydrogens (tertiary/aromatic N) is 2. The first-order valence-electron chi connectivity index (χ1n) is 7.14. The van der Waals surface area contributed by atoms with Gasteiger partial charge < -0.3 is 5.32 Å². The van der Waals surface area contributed by atoms with Gasteiger partial charge in [-0.05, 0) is 37.1 Å². The molecule has 1 aliphatic carbocycles. The molecule has 2 aromatic rings. The first-order chi connectivity index (χ1) is 9.90. The summed E-state index contributed by atoms with van der Waals surface area (Å²) in [6, 6.07) is 8.74. The van der Waals surface area contributed by atoms with Crippen molar-refractivity contribution < 1.29 is 0 Å². The normalized spacial score (nSPS) is 15.4. The first kappa shape index (κ1) is 13.4. The lowest BCUT2D eigenvalue weighted by atomic mass is 10.3. The highest BCUT2D eigenvalue weighted by Crippen LogP contribution is 2.34. The van der Waals surface area contributed by atoms with Crippen LogP contribution >= 0.6 is 11.8 Å². The average Bonchev–Trinajstić information content (AvgIpc) is 3.01. The van der Waals surface area contributed by atoms with Crippen molar-refractivity contribution >= 4 is 17.4 Å². The third-order valence-electron chi connectivity index (χ3n) is 3.57. The van der Waals surface area contributed by atoms with Gasteiger partial charge in [0.2, 0.25) is 0 Å². The summed E-state index contributed by atoms with van der Waals surface area (Å²) in [5, 5.41) is 4.22. The van der Waals surface area contributed by atoms with Crippen LogP contribution in [-0.2, 0) is 6.54 Å². The van der Waals surface area contributed by atoms with Gasteiger partial charge in [0.25, 0.3) is 0 Å². The average molecular weight is 285 g/mol. The summed E-state index contributed by atoms with van der Waals surface area (Å²) in [6.07, 6.45) is 10.8. The Hall–Kier alpha value is -1.55. The van der Waals surface area contributed by atoms with Crippen molar-refractivity contribution in [2.45, 2.75) is 42.4 Å². The molecule has 1 aromatic heterocycles. The second-order valence-electron chi connectivity index (χ2n) is 5.15. The summed E-state index contributed by atoms with van der Waals surface area (Å²) >= 11 is 2.03. The molecule has 1 fully saturated rings. The smallest absolute Gasteiger partial charge is 0.115 e. The minimum atomic E-state index is 0.760. The van der Waals surface area contributed by atoms with E-state index in [1.54, 1.807) is 6.33 Å². The van der Waals surface area contributed by atoms with Crippen LogP contribution in [0, 0.1) is 0 Å². The molecule has 1 aliphatic rings. The van der Waals surface area contributed by atoms with E-state index in [1.165, 1.54) is 30.6 Å². The zero-order chi connectivity index (χ0) is 13.6. The highest BCUT2D eigenvalue weighted by Gasteiger charge is 2.15.